The van der Waals surface area contributed by atoms with E-state index in [1.54, 1.807) is 6.07 Å². The zero-order valence-electron chi connectivity index (χ0n) is 11.5. The maximum Gasteiger partial charge on any atom is 0.0992 e. The van der Waals surface area contributed by atoms with E-state index in [9.17, 15) is 0 Å². The molecule has 0 aliphatic heterocycles. The van der Waals surface area contributed by atoms with Crippen LogP contribution in [-0.2, 0) is 0 Å². The summed E-state index contributed by atoms with van der Waals surface area (Å²) in [6, 6.07) is 8.27. The SMILES string of the molecule is N#Cc1ccc(Cl)c(NC2C3CC4CC(C3)CC2C4)c1. The van der Waals surface area contributed by atoms with Crippen molar-refractivity contribution in [2.24, 2.45) is 23.7 Å². The summed E-state index contributed by atoms with van der Waals surface area (Å²) in [4.78, 5) is 0. The molecule has 104 valence electrons. The van der Waals surface area contributed by atoms with Gasteiger partial charge in [-0.2, -0.15) is 5.26 Å². The molecule has 0 atom stereocenters. The van der Waals surface area contributed by atoms with Crippen LogP contribution in [0.25, 0.3) is 0 Å². The number of halogens is 1. The van der Waals surface area contributed by atoms with Gasteiger partial charge in [0.1, 0.15) is 0 Å². The number of nitrogens with zero attached hydrogens (tertiary/aromatic N) is 1. The number of benzene rings is 1. The maximum absolute atomic E-state index is 9.04. The number of anilines is 1. The topological polar surface area (TPSA) is 35.8 Å². The van der Waals surface area contributed by atoms with Crippen molar-refractivity contribution in [1.82, 2.24) is 0 Å². The molecule has 4 saturated carbocycles. The van der Waals surface area contributed by atoms with E-state index in [2.05, 4.69) is 11.4 Å². The van der Waals surface area contributed by atoms with Crippen molar-refractivity contribution in [2.75, 3.05) is 5.32 Å². The first kappa shape index (κ1) is 12.5. The summed E-state index contributed by atoms with van der Waals surface area (Å²) >= 11 is 6.29. The van der Waals surface area contributed by atoms with Gasteiger partial charge in [-0.15, -0.1) is 0 Å². The lowest BCUT2D eigenvalue weighted by molar-refractivity contribution is 0.00754. The zero-order chi connectivity index (χ0) is 13.7. The minimum absolute atomic E-state index is 0.564. The number of nitrogens with one attached hydrogen (secondary N) is 1. The molecular formula is C17H19ClN2. The normalized spacial score (nSPS) is 37.7. The second kappa shape index (κ2) is 4.67. The Kier molecular flexibility index (Phi) is 2.93. The highest BCUT2D eigenvalue weighted by Gasteiger charge is 2.48. The van der Waals surface area contributed by atoms with Gasteiger partial charge in [-0.25, -0.2) is 0 Å². The Bertz CT molecular complexity index is 547. The van der Waals surface area contributed by atoms with Gasteiger partial charge in [-0.1, -0.05) is 11.6 Å². The maximum atomic E-state index is 9.04. The molecule has 5 rings (SSSR count). The lowest BCUT2D eigenvalue weighted by atomic mass is 9.54. The van der Waals surface area contributed by atoms with E-state index in [0.717, 1.165) is 34.4 Å². The molecule has 0 amide bonds. The fraction of sp³-hybridized carbons (Fsp3) is 0.588. The molecular weight excluding hydrogens is 268 g/mol. The summed E-state index contributed by atoms with van der Waals surface area (Å²) in [6.07, 6.45) is 7.03. The van der Waals surface area contributed by atoms with Gasteiger partial charge in [0.15, 0.2) is 0 Å². The van der Waals surface area contributed by atoms with Crippen molar-refractivity contribution >= 4 is 17.3 Å². The smallest absolute Gasteiger partial charge is 0.0992 e. The second-order valence-electron chi connectivity index (χ2n) is 6.91. The fourth-order valence-electron chi connectivity index (χ4n) is 5.05. The third-order valence-electron chi connectivity index (χ3n) is 5.64. The number of hydrogen-bond acceptors (Lipinski definition) is 2. The summed E-state index contributed by atoms with van der Waals surface area (Å²) in [5.74, 6) is 3.59. The molecule has 2 nitrogen and oxygen atoms in total. The average Bonchev–Trinajstić information content (AvgIpc) is 2.44. The molecule has 4 aliphatic carbocycles. The minimum Gasteiger partial charge on any atom is -0.381 e. The summed E-state index contributed by atoms with van der Waals surface area (Å²) in [7, 11) is 0. The van der Waals surface area contributed by atoms with Crippen LogP contribution in [0, 0.1) is 35.0 Å². The Morgan fingerprint density at radius 2 is 1.70 bits per heavy atom. The van der Waals surface area contributed by atoms with Gasteiger partial charge in [0.25, 0.3) is 0 Å². The van der Waals surface area contributed by atoms with Gasteiger partial charge >= 0.3 is 0 Å². The molecule has 1 aromatic rings. The van der Waals surface area contributed by atoms with Gasteiger partial charge < -0.3 is 5.32 Å². The van der Waals surface area contributed by atoms with Crippen LogP contribution in [0.3, 0.4) is 0 Å². The first-order valence-electron chi connectivity index (χ1n) is 7.69. The van der Waals surface area contributed by atoms with E-state index >= 15 is 0 Å². The molecule has 4 bridgehead atoms. The van der Waals surface area contributed by atoms with Gasteiger partial charge in [0, 0.05) is 6.04 Å². The van der Waals surface area contributed by atoms with Crippen molar-refractivity contribution in [2.45, 2.75) is 38.1 Å². The molecule has 0 spiro atoms. The lowest BCUT2D eigenvalue weighted by Crippen LogP contribution is -2.51. The van der Waals surface area contributed by atoms with Crippen molar-refractivity contribution in [3.05, 3.63) is 28.8 Å². The summed E-state index contributed by atoms with van der Waals surface area (Å²) < 4.78 is 0. The van der Waals surface area contributed by atoms with E-state index in [1.165, 1.54) is 32.1 Å². The summed E-state index contributed by atoms with van der Waals surface area (Å²) in [5, 5.41) is 13.5. The van der Waals surface area contributed by atoms with E-state index in [4.69, 9.17) is 16.9 Å². The first-order valence-corrected chi connectivity index (χ1v) is 8.07. The van der Waals surface area contributed by atoms with Gasteiger partial charge in [-0.3, -0.25) is 0 Å². The standard InChI is InChI=1S/C17H19ClN2/c18-15-2-1-10(9-19)8-16(15)20-17-13-4-11-3-12(6-13)7-14(17)5-11/h1-2,8,11-14,17,20H,3-7H2. The Balaban J connectivity index is 1.59. The van der Waals surface area contributed by atoms with Crippen LogP contribution in [0.15, 0.2) is 18.2 Å². The Hall–Kier alpha value is -1.20. The molecule has 20 heavy (non-hydrogen) atoms. The Morgan fingerprint density at radius 1 is 1.05 bits per heavy atom. The van der Waals surface area contributed by atoms with E-state index < -0.39 is 0 Å². The summed E-state index contributed by atoms with van der Waals surface area (Å²) in [6.45, 7) is 0. The first-order chi connectivity index (χ1) is 9.72. The molecule has 0 unspecified atom stereocenters. The molecule has 1 N–H and O–H groups in total. The Morgan fingerprint density at radius 3 is 2.30 bits per heavy atom. The molecule has 0 aromatic heterocycles. The third kappa shape index (κ3) is 2.00. The summed E-state index contributed by atoms with van der Waals surface area (Å²) in [5.41, 5.74) is 1.63. The quantitative estimate of drug-likeness (QED) is 0.872. The van der Waals surface area contributed by atoms with Crippen molar-refractivity contribution in [3.8, 4) is 6.07 Å². The molecule has 3 heteroatoms. The van der Waals surface area contributed by atoms with Gasteiger partial charge in [0.05, 0.1) is 22.3 Å². The zero-order valence-corrected chi connectivity index (χ0v) is 12.2. The average molecular weight is 287 g/mol. The van der Waals surface area contributed by atoms with Crippen molar-refractivity contribution in [1.29, 1.82) is 5.26 Å². The molecule has 4 fully saturated rings. The fourth-order valence-corrected chi connectivity index (χ4v) is 5.22. The van der Waals surface area contributed by atoms with Crippen molar-refractivity contribution < 1.29 is 0 Å². The highest BCUT2D eigenvalue weighted by atomic mass is 35.5. The van der Waals surface area contributed by atoms with Crippen LogP contribution in [0.4, 0.5) is 5.69 Å². The van der Waals surface area contributed by atoms with Crippen LogP contribution in [0.1, 0.15) is 37.7 Å². The Labute approximate surface area is 125 Å². The minimum atomic E-state index is 0.564. The highest BCUT2D eigenvalue weighted by Crippen LogP contribution is 2.54. The van der Waals surface area contributed by atoms with Crippen LogP contribution in [0.5, 0.6) is 0 Å². The third-order valence-corrected chi connectivity index (χ3v) is 5.97. The van der Waals surface area contributed by atoms with E-state index in [1.807, 2.05) is 12.1 Å². The van der Waals surface area contributed by atoms with Crippen LogP contribution < -0.4 is 5.32 Å². The van der Waals surface area contributed by atoms with Crippen LogP contribution >= 0.6 is 11.6 Å². The molecule has 0 saturated heterocycles. The number of hydrogen-bond donors (Lipinski definition) is 1. The lowest BCUT2D eigenvalue weighted by Gasteiger charge is -2.54. The van der Waals surface area contributed by atoms with Crippen LogP contribution in [0.2, 0.25) is 5.02 Å². The second-order valence-corrected chi connectivity index (χ2v) is 7.31. The molecule has 0 heterocycles. The molecule has 4 aliphatic rings. The van der Waals surface area contributed by atoms with Gasteiger partial charge in [-0.05, 0) is 74.0 Å². The predicted molar refractivity (Wildman–Crippen MR) is 80.6 cm³/mol. The van der Waals surface area contributed by atoms with E-state index in [0.29, 0.717) is 11.6 Å². The number of nitriles is 1. The van der Waals surface area contributed by atoms with Crippen molar-refractivity contribution in [3.63, 3.8) is 0 Å². The van der Waals surface area contributed by atoms with E-state index in [-0.39, 0.29) is 0 Å². The predicted octanol–water partition coefficient (Wildman–Crippen LogP) is 4.45. The molecule has 0 radical (unpaired) electrons. The van der Waals surface area contributed by atoms with Gasteiger partial charge in [0.2, 0.25) is 0 Å². The van der Waals surface area contributed by atoms with Crippen LogP contribution in [-0.4, -0.2) is 6.04 Å². The highest BCUT2D eigenvalue weighted by molar-refractivity contribution is 6.33. The molecule has 1 aromatic carbocycles. The largest absolute Gasteiger partial charge is 0.381 e. The monoisotopic (exact) mass is 286 g/mol. The number of rotatable bonds is 2.